The van der Waals surface area contributed by atoms with Gasteiger partial charge in [-0.3, -0.25) is 0 Å². The summed E-state index contributed by atoms with van der Waals surface area (Å²) in [5.41, 5.74) is 2.43. The summed E-state index contributed by atoms with van der Waals surface area (Å²) in [5, 5.41) is 0.861. The lowest BCUT2D eigenvalue weighted by atomic mass is 10.3. The summed E-state index contributed by atoms with van der Waals surface area (Å²) in [5.74, 6) is 0. The van der Waals surface area contributed by atoms with E-state index in [1.165, 1.54) is 6.42 Å². The average molecular weight is 347 g/mol. The van der Waals surface area contributed by atoms with Gasteiger partial charge >= 0.3 is 0 Å². The Morgan fingerprint density at radius 1 is 0.773 bits per heavy atom. The Balaban J connectivity index is 5.90. The maximum absolute atomic E-state index is 5.77. The smallest absolute Gasteiger partial charge is 0.0801 e. The summed E-state index contributed by atoms with van der Waals surface area (Å²) in [6.07, 6.45) is 1.42. The Bertz CT molecular complexity index is 287. The molecule has 0 N–H and O–H groups in total. The van der Waals surface area contributed by atoms with Gasteiger partial charge in [0, 0.05) is 22.3 Å². The minimum absolute atomic E-state index is 0.241. The van der Waals surface area contributed by atoms with Gasteiger partial charge in [0.15, 0.2) is 0 Å². The van der Waals surface area contributed by atoms with Gasteiger partial charge in [0.05, 0.1) is 20.8 Å². The predicted octanol–water partition coefficient (Wildman–Crippen LogP) is 5.96. The minimum atomic E-state index is -1.47. The van der Waals surface area contributed by atoms with Crippen LogP contribution < -0.4 is 0 Å². The predicted molar refractivity (Wildman–Crippen MR) is 105 cm³/mol. The van der Waals surface area contributed by atoms with E-state index in [2.05, 4.69) is 61.2 Å². The molecule has 0 unspecified atom stereocenters. The van der Waals surface area contributed by atoms with Crippen LogP contribution in [0.25, 0.3) is 0 Å². The van der Waals surface area contributed by atoms with Crippen LogP contribution in [-0.4, -0.2) is 43.1 Å². The first-order chi connectivity index (χ1) is 9.95. The lowest BCUT2D eigenvalue weighted by molar-refractivity contribution is 0.0244. The Morgan fingerprint density at radius 2 is 1.18 bits per heavy atom. The van der Waals surface area contributed by atoms with E-state index in [0.29, 0.717) is 0 Å². The average Bonchev–Trinajstić information content (AvgIpc) is 2.34. The topological polar surface area (TPSA) is 18.5 Å². The molecule has 134 valence electrons. The third kappa shape index (κ3) is 4.92. The van der Waals surface area contributed by atoms with E-state index >= 15 is 0 Å². The van der Waals surface area contributed by atoms with Gasteiger partial charge < -0.3 is 9.47 Å². The van der Waals surface area contributed by atoms with E-state index in [1.807, 2.05) is 7.11 Å². The first-order valence-electron chi connectivity index (χ1n) is 8.97. The molecule has 0 fully saturated rings. The van der Waals surface area contributed by atoms with Gasteiger partial charge in [-0.25, -0.2) is 0 Å². The van der Waals surface area contributed by atoms with Crippen LogP contribution in [0.2, 0.25) is 41.4 Å². The fraction of sp³-hybridized carbons (Fsp3) is 1.00. The van der Waals surface area contributed by atoms with Crippen LogP contribution in [0.1, 0.15) is 48.0 Å². The van der Waals surface area contributed by atoms with Crippen molar-refractivity contribution in [2.75, 3.05) is 20.8 Å². The molecule has 2 nitrogen and oxygen atoms in total. The van der Waals surface area contributed by atoms with Crippen LogP contribution in [0.4, 0.5) is 0 Å². The van der Waals surface area contributed by atoms with Gasteiger partial charge in [0.1, 0.15) is 0 Å². The molecule has 4 heteroatoms. The molecule has 0 bridgehead atoms. The second-order valence-corrected chi connectivity index (χ2v) is 21.1. The first-order valence-corrected chi connectivity index (χ1v) is 14.9. The van der Waals surface area contributed by atoms with Gasteiger partial charge in [-0.15, -0.1) is 0 Å². The number of rotatable bonds is 10. The molecular weight excluding hydrogens is 304 g/mol. The molecule has 0 heterocycles. The highest BCUT2D eigenvalue weighted by molar-refractivity contribution is 6.99. The molecule has 2 atom stereocenters. The molecule has 22 heavy (non-hydrogen) atoms. The van der Waals surface area contributed by atoms with Gasteiger partial charge in [-0.1, -0.05) is 77.8 Å². The van der Waals surface area contributed by atoms with Gasteiger partial charge in [0.25, 0.3) is 0 Å². The lowest BCUT2D eigenvalue weighted by Gasteiger charge is -2.54. The molecule has 0 spiro atoms. The molecule has 0 saturated heterocycles. The Kier molecular flexibility index (Phi) is 9.14. The monoisotopic (exact) mass is 346 g/mol. The molecule has 0 aromatic heterocycles. The molecule has 0 saturated carbocycles. The zero-order valence-electron chi connectivity index (χ0n) is 17.1. The number of hydrogen-bond donors (Lipinski definition) is 0. The SMILES string of the molecule is COC[C@@H](C[C@H]([Si](C)(C)C)[Si](C(C)C)(C(C)C)C(C)C)OC. The lowest BCUT2D eigenvalue weighted by Crippen LogP contribution is -2.57. The van der Waals surface area contributed by atoms with E-state index < -0.39 is 16.1 Å². The van der Waals surface area contributed by atoms with Crippen LogP contribution in [0.15, 0.2) is 0 Å². The van der Waals surface area contributed by atoms with Crippen molar-refractivity contribution >= 4 is 16.1 Å². The van der Waals surface area contributed by atoms with E-state index in [-0.39, 0.29) is 6.10 Å². The van der Waals surface area contributed by atoms with E-state index in [1.54, 1.807) is 7.11 Å². The summed E-state index contributed by atoms with van der Waals surface area (Å²) < 4.78 is 11.2. The maximum atomic E-state index is 5.77. The second kappa shape index (κ2) is 9.00. The van der Waals surface area contributed by atoms with Crippen LogP contribution in [0.5, 0.6) is 0 Å². The van der Waals surface area contributed by atoms with Crippen molar-refractivity contribution < 1.29 is 9.47 Å². The molecule has 0 aromatic carbocycles. The molecule has 0 aliphatic carbocycles. The van der Waals surface area contributed by atoms with E-state index in [4.69, 9.17) is 9.47 Å². The standard InChI is InChI=1S/C18H42O2Si2/c1-14(2)22(15(3)4,16(5)6)18(21(9,10)11)12-17(20-8)13-19-7/h14-18H,12-13H2,1-11H3/t17-,18-/m1/s1. The van der Waals surface area contributed by atoms with Crippen molar-refractivity contribution in [1.29, 1.82) is 0 Å². The molecule has 0 radical (unpaired) electrons. The second-order valence-electron chi connectivity index (χ2n) is 8.93. The Morgan fingerprint density at radius 3 is 1.41 bits per heavy atom. The fourth-order valence-electron chi connectivity index (χ4n) is 5.20. The highest BCUT2D eigenvalue weighted by Gasteiger charge is 2.53. The maximum Gasteiger partial charge on any atom is 0.0801 e. The minimum Gasteiger partial charge on any atom is -0.382 e. The highest BCUT2D eigenvalue weighted by atomic mass is 28.4. The fourth-order valence-corrected chi connectivity index (χ4v) is 22.3. The first kappa shape index (κ1) is 22.4. The Labute approximate surface area is 142 Å². The normalized spacial score (nSPS) is 16.6. The number of ether oxygens (including phenoxy) is 2. The third-order valence-corrected chi connectivity index (χ3v) is 19.7. The van der Waals surface area contributed by atoms with Crippen LogP contribution >= 0.6 is 0 Å². The van der Waals surface area contributed by atoms with Crippen molar-refractivity contribution in [2.24, 2.45) is 0 Å². The van der Waals surface area contributed by atoms with Crippen LogP contribution in [0.3, 0.4) is 0 Å². The summed E-state index contributed by atoms with van der Waals surface area (Å²) in [6, 6.07) is 0. The highest BCUT2D eigenvalue weighted by Crippen LogP contribution is 2.54. The summed E-state index contributed by atoms with van der Waals surface area (Å²) in [6.45, 7) is 23.3. The molecule has 0 amide bonds. The van der Waals surface area contributed by atoms with Crippen molar-refractivity contribution in [1.82, 2.24) is 0 Å². The summed E-state index contributed by atoms with van der Waals surface area (Å²) >= 11 is 0. The summed E-state index contributed by atoms with van der Waals surface area (Å²) in [7, 11) is 0.860. The van der Waals surface area contributed by atoms with E-state index in [0.717, 1.165) is 28.4 Å². The van der Waals surface area contributed by atoms with Gasteiger partial charge in [0.2, 0.25) is 0 Å². The van der Waals surface area contributed by atoms with Crippen molar-refractivity contribution in [2.45, 2.75) is 95.5 Å². The quantitative estimate of drug-likeness (QED) is 0.454. The molecule has 0 aliphatic heterocycles. The van der Waals surface area contributed by atoms with Crippen molar-refractivity contribution in [3.63, 3.8) is 0 Å². The Hall–Kier alpha value is 0.354. The van der Waals surface area contributed by atoms with Crippen molar-refractivity contribution in [3.8, 4) is 0 Å². The summed E-state index contributed by atoms with van der Waals surface area (Å²) in [4.78, 5) is 0. The molecule has 0 aliphatic rings. The molecular formula is C18H42O2Si2. The number of methoxy groups -OCH3 is 2. The molecule has 0 rings (SSSR count). The van der Waals surface area contributed by atoms with Crippen molar-refractivity contribution in [3.05, 3.63) is 0 Å². The van der Waals surface area contributed by atoms with Crippen LogP contribution in [-0.2, 0) is 9.47 Å². The zero-order chi connectivity index (χ0) is 17.7. The largest absolute Gasteiger partial charge is 0.382 e. The van der Waals surface area contributed by atoms with E-state index in [9.17, 15) is 0 Å². The third-order valence-electron chi connectivity index (χ3n) is 5.83. The zero-order valence-corrected chi connectivity index (χ0v) is 19.1. The molecule has 0 aromatic rings. The van der Waals surface area contributed by atoms with Crippen LogP contribution in [0, 0.1) is 0 Å². The number of hydrogen-bond acceptors (Lipinski definition) is 2. The van der Waals surface area contributed by atoms with Gasteiger partial charge in [-0.05, 0) is 11.6 Å². The van der Waals surface area contributed by atoms with Gasteiger partial charge in [-0.2, -0.15) is 0 Å².